The predicted molar refractivity (Wildman–Crippen MR) is 102 cm³/mol. The van der Waals surface area contributed by atoms with Gasteiger partial charge in [-0.05, 0) is 48.2 Å². The van der Waals surface area contributed by atoms with Gasteiger partial charge < -0.3 is 10.6 Å². The fourth-order valence-electron chi connectivity index (χ4n) is 2.09. The molecule has 0 radical (unpaired) electrons. The van der Waals surface area contributed by atoms with Gasteiger partial charge in [-0.25, -0.2) is 18.1 Å². The third-order valence-corrected chi connectivity index (χ3v) is 6.18. The summed E-state index contributed by atoms with van der Waals surface area (Å²) in [6.07, 6.45) is 1.72. The smallest absolute Gasteiger partial charge is 0.250 e. The van der Waals surface area contributed by atoms with Crippen molar-refractivity contribution < 1.29 is 8.42 Å². The zero-order valence-corrected chi connectivity index (χ0v) is 15.6. The Morgan fingerprint density at radius 2 is 1.85 bits per heavy atom. The van der Waals surface area contributed by atoms with E-state index in [1.165, 1.54) is 11.3 Å². The van der Waals surface area contributed by atoms with Crippen molar-refractivity contribution >= 4 is 38.8 Å². The van der Waals surface area contributed by atoms with Crippen molar-refractivity contribution in [2.24, 2.45) is 0 Å². The summed E-state index contributed by atoms with van der Waals surface area (Å²) < 4.78 is 26.8. The molecule has 0 aliphatic rings. The average molecular weight is 390 g/mol. The third kappa shape index (κ3) is 4.97. The molecule has 0 atom stereocenters. The summed E-state index contributed by atoms with van der Waals surface area (Å²) in [7, 11) is -3.44. The van der Waals surface area contributed by atoms with Gasteiger partial charge in [0, 0.05) is 19.3 Å². The molecule has 3 heterocycles. The van der Waals surface area contributed by atoms with Crippen LogP contribution in [0.1, 0.15) is 5.56 Å². The van der Waals surface area contributed by atoms with Crippen molar-refractivity contribution in [2.45, 2.75) is 11.1 Å². The Kier molecular flexibility index (Phi) is 5.76. The highest BCUT2D eigenvalue weighted by atomic mass is 32.2. The van der Waals surface area contributed by atoms with Crippen LogP contribution in [0.3, 0.4) is 0 Å². The number of anilines is 3. The van der Waals surface area contributed by atoms with Gasteiger partial charge in [0.1, 0.15) is 15.8 Å². The van der Waals surface area contributed by atoms with Gasteiger partial charge in [-0.15, -0.1) is 21.5 Å². The van der Waals surface area contributed by atoms with Gasteiger partial charge in [-0.2, -0.15) is 0 Å². The monoisotopic (exact) mass is 390 g/mol. The second-order valence-electron chi connectivity index (χ2n) is 5.40. The van der Waals surface area contributed by atoms with Crippen LogP contribution < -0.4 is 15.4 Å². The first-order chi connectivity index (χ1) is 12.5. The van der Waals surface area contributed by atoms with Crippen LogP contribution in [0.4, 0.5) is 17.5 Å². The SMILES string of the molecule is Cc1ccnc(Nc2ccc(NCCNS(=O)(=O)c3cccs3)nn2)c1. The zero-order chi connectivity index (χ0) is 18.4. The van der Waals surface area contributed by atoms with Crippen LogP contribution in [0.2, 0.25) is 0 Å². The number of nitrogens with one attached hydrogen (secondary N) is 3. The van der Waals surface area contributed by atoms with Crippen molar-refractivity contribution in [3.8, 4) is 0 Å². The number of hydrogen-bond donors (Lipinski definition) is 3. The van der Waals surface area contributed by atoms with Crippen LogP contribution in [0.15, 0.2) is 52.2 Å². The molecule has 0 unspecified atom stereocenters. The molecule has 136 valence electrons. The van der Waals surface area contributed by atoms with E-state index in [4.69, 9.17) is 0 Å². The van der Waals surface area contributed by atoms with Gasteiger partial charge >= 0.3 is 0 Å². The summed E-state index contributed by atoms with van der Waals surface area (Å²) in [5.74, 6) is 1.83. The molecule has 0 amide bonds. The molecule has 0 saturated heterocycles. The Balaban J connectivity index is 1.47. The molecular weight excluding hydrogens is 372 g/mol. The lowest BCUT2D eigenvalue weighted by atomic mass is 10.3. The molecule has 3 N–H and O–H groups in total. The molecule has 3 aromatic heterocycles. The lowest BCUT2D eigenvalue weighted by Crippen LogP contribution is -2.28. The number of hydrogen-bond acceptors (Lipinski definition) is 8. The average Bonchev–Trinajstić information content (AvgIpc) is 3.16. The first kappa shape index (κ1) is 18.2. The Morgan fingerprint density at radius 1 is 1.04 bits per heavy atom. The molecule has 26 heavy (non-hydrogen) atoms. The number of nitrogens with zero attached hydrogens (tertiary/aromatic N) is 3. The van der Waals surface area contributed by atoms with Crippen molar-refractivity contribution in [3.05, 3.63) is 53.5 Å². The topological polar surface area (TPSA) is 109 Å². The Labute approximate surface area is 155 Å². The number of aryl methyl sites for hydroxylation is 1. The summed E-state index contributed by atoms with van der Waals surface area (Å²) in [4.78, 5) is 4.20. The molecule has 0 saturated carbocycles. The molecular formula is C16H18N6O2S2. The van der Waals surface area contributed by atoms with Gasteiger partial charge in [-0.1, -0.05) is 6.07 Å². The van der Waals surface area contributed by atoms with Crippen LogP contribution in [-0.2, 0) is 10.0 Å². The summed E-state index contributed by atoms with van der Waals surface area (Å²) in [6.45, 7) is 2.62. The molecule has 0 bridgehead atoms. The number of pyridine rings is 1. The molecule has 8 nitrogen and oxygen atoms in total. The van der Waals surface area contributed by atoms with Crippen LogP contribution in [0.25, 0.3) is 0 Å². The largest absolute Gasteiger partial charge is 0.367 e. The second kappa shape index (κ2) is 8.21. The van der Waals surface area contributed by atoms with Crippen LogP contribution in [0.5, 0.6) is 0 Å². The fraction of sp³-hybridized carbons (Fsp3) is 0.188. The van der Waals surface area contributed by atoms with E-state index < -0.39 is 10.0 Å². The summed E-state index contributed by atoms with van der Waals surface area (Å²) in [5, 5.41) is 15.9. The molecule has 0 spiro atoms. The highest BCUT2D eigenvalue weighted by molar-refractivity contribution is 7.91. The van der Waals surface area contributed by atoms with Gasteiger partial charge in [0.2, 0.25) is 10.0 Å². The zero-order valence-electron chi connectivity index (χ0n) is 14.0. The minimum absolute atomic E-state index is 0.245. The predicted octanol–water partition coefficient (Wildman–Crippen LogP) is 2.38. The molecule has 0 aliphatic heterocycles. The highest BCUT2D eigenvalue weighted by Crippen LogP contribution is 2.15. The van der Waals surface area contributed by atoms with E-state index in [-0.39, 0.29) is 6.54 Å². The molecule has 0 aromatic carbocycles. The molecule has 3 rings (SSSR count). The molecule has 10 heteroatoms. The first-order valence-corrected chi connectivity index (χ1v) is 10.2. The van der Waals surface area contributed by atoms with Crippen molar-refractivity contribution in [2.75, 3.05) is 23.7 Å². The van der Waals surface area contributed by atoms with Gasteiger partial charge in [0.05, 0.1) is 0 Å². The minimum atomic E-state index is -3.44. The fourth-order valence-corrected chi connectivity index (χ4v) is 4.16. The first-order valence-electron chi connectivity index (χ1n) is 7.83. The summed E-state index contributed by atoms with van der Waals surface area (Å²) in [6, 6.07) is 10.6. The maximum absolute atomic E-state index is 12.0. The number of rotatable bonds is 8. The minimum Gasteiger partial charge on any atom is -0.367 e. The van der Waals surface area contributed by atoms with Crippen molar-refractivity contribution in [1.82, 2.24) is 19.9 Å². The van der Waals surface area contributed by atoms with E-state index >= 15 is 0 Å². The van der Waals surface area contributed by atoms with E-state index in [1.54, 1.807) is 35.8 Å². The van der Waals surface area contributed by atoms with Crippen LogP contribution in [-0.4, -0.2) is 36.7 Å². The quantitative estimate of drug-likeness (QED) is 0.507. The highest BCUT2D eigenvalue weighted by Gasteiger charge is 2.13. The number of sulfonamides is 1. The van der Waals surface area contributed by atoms with E-state index in [0.717, 1.165) is 5.56 Å². The Bertz CT molecular complexity index is 943. The van der Waals surface area contributed by atoms with Crippen LogP contribution >= 0.6 is 11.3 Å². The van der Waals surface area contributed by atoms with Gasteiger partial charge in [0.25, 0.3) is 0 Å². The third-order valence-electron chi connectivity index (χ3n) is 3.32. The maximum Gasteiger partial charge on any atom is 0.250 e. The lowest BCUT2D eigenvalue weighted by molar-refractivity contribution is 0.585. The maximum atomic E-state index is 12.0. The summed E-state index contributed by atoms with van der Waals surface area (Å²) in [5.41, 5.74) is 1.10. The van der Waals surface area contributed by atoms with Crippen molar-refractivity contribution in [3.63, 3.8) is 0 Å². The van der Waals surface area contributed by atoms with E-state index in [2.05, 4.69) is 30.5 Å². The summed E-state index contributed by atoms with van der Waals surface area (Å²) >= 11 is 1.18. The van der Waals surface area contributed by atoms with E-state index in [0.29, 0.717) is 28.2 Å². The standard InChI is InChI=1S/C16H18N6O2S2/c1-12-6-7-17-15(11-12)20-14-5-4-13(21-22-14)18-8-9-19-26(23,24)16-3-2-10-25-16/h2-7,10-11,19H,8-9H2,1H3,(H,18,21)(H,17,20,22). The van der Waals surface area contributed by atoms with Crippen LogP contribution in [0, 0.1) is 6.92 Å². The van der Waals surface area contributed by atoms with E-state index in [1.807, 2.05) is 19.1 Å². The second-order valence-corrected chi connectivity index (χ2v) is 8.35. The Hall–Kier alpha value is -2.56. The number of thiophene rings is 1. The van der Waals surface area contributed by atoms with Gasteiger partial charge in [0.15, 0.2) is 5.82 Å². The lowest BCUT2D eigenvalue weighted by Gasteiger charge is -2.08. The molecule has 0 fully saturated rings. The molecule has 3 aromatic rings. The normalized spacial score (nSPS) is 11.3. The Morgan fingerprint density at radius 3 is 2.54 bits per heavy atom. The molecule has 0 aliphatic carbocycles. The van der Waals surface area contributed by atoms with E-state index in [9.17, 15) is 8.42 Å². The van der Waals surface area contributed by atoms with Gasteiger partial charge in [-0.3, -0.25) is 0 Å². The van der Waals surface area contributed by atoms with Crippen molar-refractivity contribution in [1.29, 1.82) is 0 Å². The number of aromatic nitrogens is 3.